The lowest BCUT2D eigenvalue weighted by molar-refractivity contribution is -0.163. The molecule has 0 radical (unpaired) electrons. The van der Waals surface area contributed by atoms with E-state index in [1.54, 1.807) is 9.80 Å². The zero-order chi connectivity index (χ0) is 32.6. The number of urea groups is 1. The molecule has 3 amide bonds. The molecule has 2 fully saturated rings. The molecule has 1 unspecified atom stereocenters. The van der Waals surface area contributed by atoms with Gasteiger partial charge in [0.1, 0.15) is 17.1 Å². The van der Waals surface area contributed by atoms with Crippen LogP contribution in [-0.2, 0) is 16.8 Å². The Labute approximate surface area is 264 Å². The number of likely N-dealkylation sites (tertiary alicyclic amines) is 1. The highest BCUT2D eigenvalue weighted by Crippen LogP contribution is 2.59. The molecule has 1 aliphatic carbocycles. The average Bonchev–Trinajstić information content (AvgIpc) is 3.79. The van der Waals surface area contributed by atoms with Gasteiger partial charge >= 0.3 is 12.2 Å². The molecule has 1 saturated heterocycles. The maximum Gasteiger partial charge on any atom is 0.401 e. The second-order valence-corrected chi connectivity index (χ2v) is 12.6. The van der Waals surface area contributed by atoms with Gasteiger partial charge in [0.25, 0.3) is 0 Å². The number of carbonyl (C=O) groups excluding carboxylic acids is 2. The Morgan fingerprint density at radius 2 is 1.70 bits per heavy atom. The minimum atomic E-state index is -4.54. The first-order valence-corrected chi connectivity index (χ1v) is 15.9. The number of carbonyl (C=O) groups is 2. The summed E-state index contributed by atoms with van der Waals surface area (Å²) in [5.41, 5.74) is -1.33. The zero-order valence-electron chi connectivity index (χ0n) is 25.6. The molecule has 1 aromatic heterocycles. The smallest absolute Gasteiger partial charge is 0.343 e. The molecule has 6 rings (SSSR count). The summed E-state index contributed by atoms with van der Waals surface area (Å²) in [7, 11) is 0. The summed E-state index contributed by atoms with van der Waals surface area (Å²) in [4.78, 5) is 30.1. The average molecular weight is 645 g/mol. The molecule has 2 aromatic carbocycles. The second-order valence-electron chi connectivity index (χ2n) is 12.6. The highest BCUT2D eigenvalue weighted by molar-refractivity contribution is 5.89. The lowest BCUT2D eigenvalue weighted by atomic mass is 9.89. The van der Waals surface area contributed by atoms with Crippen LogP contribution in [0.15, 0.2) is 48.5 Å². The fourth-order valence-electron chi connectivity index (χ4n) is 7.09. The topological polar surface area (TPSA) is 83.4 Å². The lowest BCUT2D eigenvalue weighted by Gasteiger charge is -2.38. The second kappa shape index (κ2) is 12.6. The van der Waals surface area contributed by atoms with E-state index in [4.69, 9.17) is 0 Å². The van der Waals surface area contributed by atoms with Gasteiger partial charge in [-0.1, -0.05) is 30.3 Å². The van der Waals surface area contributed by atoms with Crippen LogP contribution in [0.2, 0.25) is 0 Å². The number of nitrogens with one attached hydrogen (secondary N) is 1. The van der Waals surface area contributed by atoms with E-state index >= 15 is 0 Å². The third kappa shape index (κ3) is 6.07. The Bertz CT molecular complexity index is 1570. The van der Waals surface area contributed by atoms with Crippen LogP contribution in [-0.4, -0.2) is 68.4 Å². The molecule has 0 spiro atoms. The van der Waals surface area contributed by atoms with Gasteiger partial charge in [-0.2, -0.15) is 13.2 Å². The van der Waals surface area contributed by atoms with Crippen molar-refractivity contribution >= 4 is 17.6 Å². The van der Waals surface area contributed by atoms with Crippen LogP contribution in [0.3, 0.4) is 0 Å². The van der Waals surface area contributed by atoms with Crippen molar-refractivity contribution in [2.75, 3.05) is 25.0 Å². The highest BCUT2D eigenvalue weighted by Gasteiger charge is 2.67. The van der Waals surface area contributed by atoms with Crippen LogP contribution in [0, 0.1) is 11.6 Å². The number of rotatable bonds is 7. The largest absolute Gasteiger partial charge is 0.401 e. The fraction of sp³-hybridized carbons (Fsp3) is 0.515. The predicted octanol–water partition coefficient (Wildman–Crippen LogP) is 6.75. The summed E-state index contributed by atoms with van der Waals surface area (Å²) < 4.78 is 73.1. The van der Waals surface area contributed by atoms with Gasteiger partial charge in [-0.3, -0.25) is 4.79 Å². The summed E-state index contributed by atoms with van der Waals surface area (Å²) >= 11 is 0. The van der Waals surface area contributed by atoms with Gasteiger partial charge in [0.2, 0.25) is 5.91 Å². The monoisotopic (exact) mass is 644 g/mol. The maximum absolute atomic E-state index is 14.9. The normalized spacial score (nSPS) is 21.3. The molecule has 46 heavy (non-hydrogen) atoms. The Hall–Kier alpha value is -4.03. The number of hydrogen-bond acceptors (Lipinski definition) is 4. The molecule has 3 aromatic rings. The van der Waals surface area contributed by atoms with Crippen molar-refractivity contribution in [3.63, 3.8) is 0 Å². The number of anilines is 1. The van der Waals surface area contributed by atoms with E-state index in [2.05, 4.69) is 15.5 Å². The predicted molar refractivity (Wildman–Crippen MR) is 160 cm³/mol. The molecule has 2 aliphatic heterocycles. The summed E-state index contributed by atoms with van der Waals surface area (Å²) in [6.07, 6.45) is -2.92. The van der Waals surface area contributed by atoms with Crippen LogP contribution in [0.25, 0.3) is 0 Å². The van der Waals surface area contributed by atoms with Crippen molar-refractivity contribution in [1.82, 2.24) is 24.6 Å². The number of nitrogens with zero attached hydrogens (tertiary/aromatic N) is 5. The molecular weight excluding hydrogens is 607 g/mol. The molecule has 1 N–H and O–H groups in total. The SMILES string of the molecule is CCN(C(=O)Nc1ccccc1)C1CCN(C(=O)C[C@@H]2CCC(c3cccc(F)c3F)Cn3c2nnc3C2(C(F)(F)F)CC2)CC1. The standard InChI is InChI=1S/C33H37F5N6O2/c1-2-43(31(46)39-23-7-4-3-5-8-23)24-13-17-42(18-14-24)27(45)19-21-11-12-22(25-9-6-10-26(34)28(25)35)20-44-29(21)40-41-30(44)32(15-16-32)33(36,37)38/h3-10,21-22,24H,2,11-20H2,1H3,(H,39,46)/t21-,22?/m0/s1. The number of hydrogen-bond donors (Lipinski definition) is 1. The van der Waals surface area contributed by atoms with Crippen LogP contribution in [0.5, 0.6) is 0 Å². The number of aromatic nitrogens is 3. The molecule has 8 nitrogen and oxygen atoms in total. The van der Waals surface area contributed by atoms with E-state index in [1.165, 1.54) is 16.7 Å². The minimum Gasteiger partial charge on any atom is -0.343 e. The van der Waals surface area contributed by atoms with E-state index in [0.29, 0.717) is 51.0 Å². The van der Waals surface area contributed by atoms with Crippen LogP contribution in [0.1, 0.15) is 80.9 Å². The molecule has 2 atom stereocenters. The van der Waals surface area contributed by atoms with E-state index in [-0.39, 0.29) is 61.0 Å². The van der Waals surface area contributed by atoms with Gasteiger partial charge in [-0.05, 0) is 69.2 Å². The van der Waals surface area contributed by atoms with Crippen molar-refractivity contribution in [2.45, 2.75) is 87.9 Å². The van der Waals surface area contributed by atoms with E-state index in [9.17, 15) is 31.5 Å². The number of benzene rings is 2. The first-order chi connectivity index (χ1) is 22.0. The minimum absolute atomic E-state index is 0.00611. The van der Waals surface area contributed by atoms with Gasteiger partial charge in [0.05, 0.1) is 0 Å². The summed E-state index contributed by atoms with van der Waals surface area (Å²) in [6.45, 7) is 3.23. The molecule has 13 heteroatoms. The lowest BCUT2D eigenvalue weighted by Crippen LogP contribution is -2.50. The summed E-state index contributed by atoms with van der Waals surface area (Å²) in [5, 5.41) is 11.1. The van der Waals surface area contributed by atoms with Crippen LogP contribution < -0.4 is 5.32 Å². The molecule has 246 valence electrons. The molecule has 3 aliphatic rings. The van der Waals surface area contributed by atoms with Crippen molar-refractivity contribution < 1.29 is 31.5 Å². The number of alkyl halides is 3. The van der Waals surface area contributed by atoms with Gasteiger partial charge in [-0.25, -0.2) is 13.6 Å². The third-order valence-corrected chi connectivity index (χ3v) is 9.86. The van der Waals surface area contributed by atoms with E-state index < -0.39 is 35.1 Å². The van der Waals surface area contributed by atoms with Crippen molar-refractivity contribution in [3.8, 4) is 0 Å². The van der Waals surface area contributed by atoms with Gasteiger partial charge in [0.15, 0.2) is 11.6 Å². The number of amides is 3. The highest BCUT2D eigenvalue weighted by atomic mass is 19.4. The van der Waals surface area contributed by atoms with Crippen molar-refractivity contribution in [1.29, 1.82) is 0 Å². The Balaban J connectivity index is 1.17. The Morgan fingerprint density at radius 3 is 2.35 bits per heavy atom. The summed E-state index contributed by atoms with van der Waals surface area (Å²) in [5.74, 6) is -3.30. The van der Waals surface area contributed by atoms with Gasteiger partial charge in [-0.15, -0.1) is 10.2 Å². The van der Waals surface area contributed by atoms with Gasteiger partial charge in [0, 0.05) is 56.2 Å². The van der Waals surface area contributed by atoms with E-state index in [1.807, 2.05) is 37.3 Å². The number of piperidine rings is 1. The number of para-hydroxylation sites is 1. The molecule has 3 heterocycles. The van der Waals surface area contributed by atoms with Crippen molar-refractivity contribution in [2.24, 2.45) is 0 Å². The third-order valence-electron chi connectivity index (χ3n) is 9.86. The molecular formula is C33H37F5N6O2. The number of fused-ring (bicyclic) bond motifs is 1. The van der Waals surface area contributed by atoms with Crippen LogP contribution >= 0.6 is 0 Å². The summed E-state index contributed by atoms with van der Waals surface area (Å²) in [6, 6.07) is 12.8. The first-order valence-electron chi connectivity index (χ1n) is 15.9. The van der Waals surface area contributed by atoms with Gasteiger partial charge < -0.3 is 19.7 Å². The number of halogens is 5. The van der Waals surface area contributed by atoms with E-state index in [0.717, 1.165) is 6.07 Å². The molecule has 1 saturated carbocycles. The Kier molecular flexibility index (Phi) is 8.77. The fourth-order valence-corrected chi connectivity index (χ4v) is 7.09. The maximum atomic E-state index is 14.9. The first kappa shape index (κ1) is 31.9. The Morgan fingerprint density at radius 1 is 0.978 bits per heavy atom. The van der Waals surface area contributed by atoms with Crippen LogP contribution in [0.4, 0.5) is 32.4 Å². The zero-order valence-corrected chi connectivity index (χ0v) is 25.6. The molecule has 0 bridgehead atoms. The quantitative estimate of drug-likeness (QED) is 0.289. The van der Waals surface area contributed by atoms with Crippen molar-refractivity contribution in [3.05, 3.63) is 77.4 Å².